The molecule has 0 radical (unpaired) electrons. The molecule has 1 unspecified atom stereocenters. The topological polar surface area (TPSA) is 85.3 Å². The molecule has 1 amide bonds. The van der Waals surface area contributed by atoms with Gasteiger partial charge in [0.1, 0.15) is 18.1 Å². The van der Waals surface area contributed by atoms with Gasteiger partial charge in [-0.2, -0.15) is 0 Å². The molecule has 3 aromatic rings. The molecule has 0 saturated carbocycles. The average molecular weight is 500 g/mol. The molecule has 37 heavy (non-hydrogen) atoms. The number of rotatable bonds is 10. The molecule has 0 aliphatic carbocycles. The highest BCUT2D eigenvalue weighted by Crippen LogP contribution is 2.43. The summed E-state index contributed by atoms with van der Waals surface area (Å²) in [5.74, 6) is -0.106. The van der Waals surface area contributed by atoms with Gasteiger partial charge in [-0.05, 0) is 54.4 Å². The normalized spacial score (nSPS) is 16.5. The van der Waals surface area contributed by atoms with E-state index in [1.807, 2.05) is 37.3 Å². The second-order valence-electron chi connectivity index (χ2n) is 8.38. The average Bonchev–Trinajstić information content (AvgIpc) is 3.17. The van der Waals surface area contributed by atoms with Crippen molar-refractivity contribution in [2.75, 3.05) is 20.3 Å². The summed E-state index contributed by atoms with van der Waals surface area (Å²) in [6.07, 6.45) is 1.63. The zero-order valence-electron chi connectivity index (χ0n) is 20.8. The zero-order chi connectivity index (χ0) is 26.4. The number of benzene rings is 3. The van der Waals surface area contributed by atoms with E-state index >= 15 is 0 Å². The van der Waals surface area contributed by atoms with Gasteiger partial charge in [0.05, 0.1) is 25.3 Å². The van der Waals surface area contributed by atoms with Crippen LogP contribution in [0.1, 0.15) is 29.7 Å². The minimum atomic E-state index is -0.838. The minimum absolute atomic E-state index is 0.00769. The van der Waals surface area contributed by atoms with E-state index in [9.17, 15) is 14.7 Å². The third-order valence-corrected chi connectivity index (χ3v) is 6.04. The van der Waals surface area contributed by atoms with Gasteiger partial charge in [-0.3, -0.25) is 9.59 Å². The number of carbonyl (C=O) groups excluding carboxylic acids is 2. The van der Waals surface area contributed by atoms with Crippen molar-refractivity contribution in [3.63, 3.8) is 0 Å². The van der Waals surface area contributed by atoms with E-state index in [4.69, 9.17) is 14.2 Å². The fourth-order valence-electron chi connectivity index (χ4n) is 4.31. The molecule has 7 nitrogen and oxygen atoms in total. The van der Waals surface area contributed by atoms with Crippen molar-refractivity contribution in [2.24, 2.45) is 0 Å². The summed E-state index contributed by atoms with van der Waals surface area (Å²) in [5.41, 5.74) is 1.88. The van der Waals surface area contributed by atoms with Crippen LogP contribution in [0.3, 0.4) is 0 Å². The van der Waals surface area contributed by atoms with Crippen molar-refractivity contribution in [3.8, 4) is 17.2 Å². The first kappa shape index (κ1) is 25.6. The number of carbonyl (C=O) groups is 2. The number of ether oxygens (including phenoxy) is 3. The molecule has 1 N–H and O–H groups in total. The molecule has 4 rings (SSSR count). The second kappa shape index (κ2) is 11.5. The lowest BCUT2D eigenvalue weighted by atomic mass is 9.94. The van der Waals surface area contributed by atoms with Crippen LogP contribution < -0.4 is 14.2 Å². The van der Waals surface area contributed by atoms with Gasteiger partial charge in [-0.15, -0.1) is 0 Å². The number of Topliss-reactive ketones (excluding diaryl/α,β-unsaturated/α-hetero) is 1. The van der Waals surface area contributed by atoms with E-state index in [0.29, 0.717) is 41.6 Å². The van der Waals surface area contributed by atoms with Crippen molar-refractivity contribution in [2.45, 2.75) is 19.5 Å². The smallest absolute Gasteiger partial charge is 0.295 e. The molecule has 0 bridgehead atoms. The van der Waals surface area contributed by atoms with Crippen LogP contribution in [0.2, 0.25) is 0 Å². The molecule has 1 fully saturated rings. The number of hydrogen-bond acceptors (Lipinski definition) is 6. The molecule has 0 aromatic heterocycles. The van der Waals surface area contributed by atoms with Crippen molar-refractivity contribution in [1.82, 2.24) is 4.90 Å². The molecule has 3 aromatic carbocycles. The van der Waals surface area contributed by atoms with Crippen LogP contribution in [0.5, 0.6) is 17.2 Å². The fraction of sp³-hybridized carbons (Fsp3) is 0.200. The van der Waals surface area contributed by atoms with E-state index in [1.54, 1.807) is 55.7 Å². The van der Waals surface area contributed by atoms with Gasteiger partial charge in [-0.25, -0.2) is 0 Å². The van der Waals surface area contributed by atoms with Gasteiger partial charge in [0.25, 0.3) is 11.7 Å². The Kier molecular flexibility index (Phi) is 7.93. The van der Waals surface area contributed by atoms with Crippen molar-refractivity contribution in [1.29, 1.82) is 0 Å². The lowest BCUT2D eigenvalue weighted by Crippen LogP contribution is -2.29. The molecular formula is C30H29NO6. The van der Waals surface area contributed by atoms with E-state index < -0.39 is 17.7 Å². The Hall–Kier alpha value is -4.52. The standard InChI is InChI=1S/C30H29NO6/c1-4-17-37-24-16-13-22(18-25(24)36-5-2)27-26(28(32)21-11-14-23(35-3)15-12-21)29(33)30(34)31(27)19-20-9-7-6-8-10-20/h4,6-16,18,27,32H,1,5,17,19H2,2-3H3/b28-26+. The SMILES string of the molecule is C=CCOc1ccc(C2/C(=C(\O)c3ccc(OC)cc3)C(=O)C(=O)N2Cc2ccccc2)cc1OCC. The Morgan fingerprint density at radius 1 is 1.00 bits per heavy atom. The van der Waals surface area contributed by atoms with Gasteiger partial charge in [0.15, 0.2) is 11.5 Å². The molecular weight excluding hydrogens is 470 g/mol. The number of hydrogen-bond donors (Lipinski definition) is 1. The quantitative estimate of drug-likeness (QED) is 0.177. The summed E-state index contributed by atoms with van der Waals surface area (Å²) in [5, 5.41) is 11.3. The minimum Gasteiger partial charge on any atom is -0.507 e. The van der Waals surface area contributed by atoms with Crippen LogP contribution in [-0.4, -0.2) is 42.0 Å². The van der Waals surface area contributed by atoms with Crippen LogP contribution in [0, 0.1) is 0 Å². The summed E-state index contributed by atoms with van der Waals surface area (Å²) in [6.45, 7) is 6.41. The van der Waals surface area contributed by atoms with Crippen LogP contribution in [0.25, 0.3) is 5.76 Å². The lowest BCUT2D eigenvalue weighted by molar-refractivity contribution is -0.140. The molecule has 1 heterocycles. The predicted octanol–water partition coefficient (Wildman–Crippen LogP) is 5.28. The van der Waals surface area contributed by atoms with E-state index in [-0.39, 0.29) is 17.9 Å². The van der Waals surface area contributed by atoms with E-state index in [1.165, 1.54) is 4.90 Å². The van der Waals surface area contributed by atoms with Crippen molar-refractivity contribution >= 4 is 17.4 Å². The second-order valence-corrected chi connectivity index (χ2v) is 8.38. The van der Waals surface area contributed by atoms with Crippen molar-refractivity contribution in [3.05, 3.63) is 108 Å². The maximum atomic E-state index is 13.3. The third kappa shape index (κ3) is 5.35. The van der Waals surface area contributed by atoms with Gasteiger partial charge in [0.2, 0.25) is 0 Å². The zero-order valence-corrected chi connectivity index (χ0v) is 20.8. The van der Waals surface area contributed by atoms with Gasteiger partial charge >= 0.3 is 0 Å². The monoisotopic (exact) mass is 499 g/mol. The fourth-order valence-corrected chi connectivity index (χ4v) is 4.31. The van der Waals surface area contributed by atoms with Gasteiger partial charge in [0, 0.05) is 12.1 Å². The first-order valence-corrected chi connectivity index (χ1v) is 12.0. The number of aliphatic hydroxyl groups excluding tert-OH is 1. The molecule has 1 atom stereocenters. The number of ketones is 1. The first-order valence-electron chi connectivity index (χ1n) is 12.0. The third-order valence-electron chi connectivity index (χ3n) is 6.04. The summed E-state index contributed by atoms with van der Waals surface area (Å²) in [4.78, 5) is 28.1. The predicted molar refractivity (Wildman–Crippen MR) is 141 cm³/mol. The van der Waals surface area contributed by atoms with Crippen LogP contribution in [-0.2, 0) is 16.1 Å². The number of likely N-dealkylation sites (tertiary alicyclic amines) is 1. The molecule has 1 saturated heterocycles. The van der Waals surface area contributed by atoms with Crippen molar-refractivity contribution < 1.29 is 28.9 Å². The molecule has 1 aliphatic heterocycles. The molecule has 190 valence electrons. The number of methoxy groups -OCH3 is 1. The Labute approximate surface area is 216 Å². The Bertz CT molecular complexity index is 1310. The highest BCUT2D eigenvalue weighted by atomic mass is 16.5. The van der Waals surface area contributed by atoms with Crippen LogP contribution >= 0.6 is 0 Å². The van der Waals surface area contributed by atoms with Crippen LogP contribution in [0.4, 0.5) is 0 Å². The maximum absolute atomic E-state index is 13.3. The maximum Gasteiger partial charge on any atom is 0.295 e. The highest BCUT2D eigenvalue weighted by Gasteiger charge is 2.46. The van der Waals surface area contributed by atoms with Gasteiger partial charge in [-0.1, -0.05) is 49.1 Å². The number of amides is 1. The molecule has 1 aliphatic rings. The molecule has 7 heteroatoms. The largest absolute Gasteiger partial charge is 0.507 e. The summed E-state index contributed by atoms with van der Waals surface area (Å²) in [7, 11) is 1.54. The summed E-state index contributed by atoms with van der Waals surface area (Å²) in [6, 6.07) is 20.5. The summed E-state index contributed by atoms with van der Waals surface area (Å²) >= 11 is 0. The van der Waals surface area contributed by atoms with Crippen LogP contribution in [0.15, 0.2) is 91.0 Å². The lowest BCUT2D eigenvalue weighted by Gasteiger charge is -2.26. The van der Waals surface area contributed by atoms with Gasteiger partial charge < -0.3 is 24.2 Å². The summed E-state index contributed by atoms with van der Waals surface area (Å²) < 4.78 is 16.7. The first-order chi connectivity index (χ1) is 18.0. The Morgan fingerprint density at radius 2 is 1.73 bits per heavy atom. The van der Waals surface area contributed by atoms with E-state index in [2.05, 4.69) is 6.58 Å². The molecule has 0 spiro atoms. The number of nitrogens with zero attached hydrogens (tertiary/aromatic N) is 1. The van der Waals surface area contributed by atoms with E-state index in [0.717, 1.165) is 5.56 Å². The Morgan fingerprint density at radius 3 is 2.38 bits per heavy atom. The number of aliphatic hydroxyl groups is 1. The highest BCUT2D eigenvalue weighted by molar-refractivity contribution is 6.46. The Balaban J connectivity index is 1.86.